The second kappa shape index (κ2) is 17.1. The first kappa shape index (κ1) is 38.0. The van der Waals surface area contributed by atoms with Crippen LogP contribution < -0.4 is 25.8 Å². The van der Waals surface area contributed by atoms with Crippen molar-refractivity contribution in [3.63, 3.8) is 0 Å². The first-order valence-corrected chi connectivity index (χ1v) is 20.3. The maximum absolute atomic E-state index is 13.0. The van der Waals surface area contributed by atoms with Crippen LogP contribution in [0.5, 0.6) is 5.75 Å². The fourth-order valence-corrected chi connectivity index (χ4v) is 8.90. The fraction of sp³-hybridized carbons (Fsp3) is 0.378. The average Bonchev–Trinajstić information content (AvgIpc) is 3.25. The molecule has 4 N–H and O–H groups in total. The van der Waals surface area contributed by atoms with Gasteiger partial charge in [-0.2, -0.15) is 0 Å². The number of carbonyl (C=O) groups is 4. The van der Waals surface area contributed by atoms with Gasteiger partial charge in [-0.15, -0.1) is 0 Å². The smallest absolute Gasteiger partial charge is 0.317 e. The molecule has 3 heterocycles. The van der Waals surface area contributed by atoms with Crippen LogP contribution in [0.25, 0.3) is 0 Å². The number of fused-ring (bicyclic) bond motifs is 1. The number of anilines is 2. The topological polar surface area (TPSA) is 138 Å². The largest absolute Gasteiger partial charge is 0.508 e. The van der Waals surface area contributed by atoms with Crippen LogP contribution in [0.4, 0.5) is 16.2 Å². The molecule has 4 aliphatic rings. The SMILES string of the molecule is O=C1CCC(NC(=O)c2ccc(N3CCN(C(=O)NCCN4CCN(c5ccc([C@@H]6c7ccc(O)cc7CC[C@@H]6c6ccccc6)cc5)CC4)CC3)cc2)C(=O)N1. The van der Waals surface area contributed by atoms with Crippen LogP contribution in [-0.4, -0.2) is 110 Å². The fourth-order valence-electron chi connectivity index (χ4n) is 8.90. The molecular weight excluding hydrogens is 719 g/mol. The van der Waals surface area contributed by atoms with Gasteiger partial charge in [-0.25, -0.2) is 4.79 Å². The molecular formula is C45H51N7O5. The predicted octanol–water partition coefficient (Wildman–Crippen LogP) is 4.44. The number of benzene rings is 4. The van der Waals surface area contributed by atoms with Crippen LogP contribution in [-0.2, 0) is 16.0 Å². The zero-order valence-electron chi connectivity index (χ0n) is 32.2. The van der Waals surface area contributed by atoms with Crippen molar-refractivity contribution in [1.29, 1.82) is 0 Å². The van der Waals surface area contributed by atoms with E-state index in [4.69, 9.17) is 0 Å². The Labute approximate surface area is 333 Å². The third-order valence-corrected chi connectivity index (χ3v) is 12.1. The summed E-state index contributed by atoms with van der Waals surface area (Å²) in [7, 11) is 0. The van der Waals surface area contributed by atoms with Crippen molar-refractivity contribution in [3.05, 3.63) is 125 Å². The van der Waals surface area contributed by atoms with Crippen LogP contribution in [0.2, 0.25) is 0 Å². The number of piperidine rings is 1. The van der Waals surface area contributed by atoms with E-state index in [1.165, 1.54) is 27.9 Å². The Morgan fingerprint density at radius 1 is 0.719 bits per heavy atom. The minimum absolute atomic E-state index is 0.0410. The van der Waals surface area contributed by atoms with Gasteiger partial charge in [0.05, 0.1) is 0 Å². The van der Waals surface area contributed by atoms with Gasteiger partial charge in [0.2, 0.25) is 11.8 Å². The van der Waals surface area contributed by atoms with Crippen molar-refractivity contribution >= 4 is 35.1 Å². The molecule has 0 spiro atoms. The average molecular weight is 770 g/mol. The molecule has 1 unspecified atom stereocenters. The summed E-state index contributed by atoms with van der Waals surface area (Å²) in [5.74, 6) is -0.202. The number of imide groups is 1. The number of rotatable bonds is 9. The van der Waals surface area contributed by atoms with Crippen LogP contribution in [0, 0.1) is 0 Å². The maximum atomic E-state index is 13.0. The van der Waals surface area contributed by atoms with E-state index in [0.717, 1.165) is 51.3 Å². The molecule has 0 radical (unpaired) electrons. The lowest BCUT2D eigenvalue weighted by atomic mass is 9.69. The molecule has 5 amide bonds. The molecule has 4 aromatic rings. The minimum Gasteiger partial charge on any atom is -0.508 e. The van der Waals surface area contributed by atoms with E-state index < -0.39 is 11.9 Å². The van der Waals surface area contributed by atoms with Crippen LogP contribution in [0.15, 0.2) is 97.1 Å². The Bertz CT molecular complexity index is 2060. The Kier molecular flexibility index (Phi) is 11.4. The van der Waals surface area contributed by atoms with Gasteiger partial charge in [0, 0.05) is 94.7 Å². The van der Waals surface area contributed by atoms with Gasteiger partial charge in [-0.3, -0.25) is 24.6 Å². The standard InChI is InChI=1S/C45H51N7O5/c53-37-15-17-39-34(30-37)10-16-38(31-4-2-1-3-5-31)42(39)32-6-11-35(12-7-32)50-24-22-49(23-25-50)21-20-46-45(57)52-28-26-51(27-29-52)36-13-8-33(9-14-36)43(55)47-40-18-19-41(54)48-44(40)56/h1-9,11-15,17,30,38,40,42,53H,10,16,18-29H2,(H,46,57)(H,47,55)(H,48,54,56)/t38-,40?,42+/m1/s1. The first-order chi connectivity index (χ1) is 27.8. The van der Waals surface area contributed by atoms with Crippen molar-refractivity contribution < 1.29 is 24.3 Å². The van der Waals surface area contributed by atoms with Gasteiger partial charge in [-0.05, 0) is 96.0 Å². The highest BCUT2D eigenvalue weighted by Crippen LogP contribution is 2.47. The zero-order chi connectivity index (χ0) is 39.3. The lowest BCUT2D eigenvalue weighted by Crippen LogP contribution is -2.53. The van der Waals surface area contributed by atoms with E-state index in [2.05, 4.69) is 91.3 Å². The number of amides is 5. The highest BCUT2D eigenvalue weighted by atomic mass is 16.3. The molecule has 296 valence electrons. The van der Waals surface area contributed by atoms with E-state index in [0.29, 0.717) is 56.4 Å². The second-order valence-corrected chi connectivity index (χ2v) is 15.6. The van der Waals surface area contributed by atoms with Crippen molar-refractivity contribution in [1.82, 2.24) is 25.8 Å². The Morgan fingerprint density at radius 3 is 2.07 bits per heavy atom. The van der Waals surface area contributed by atoms with Crippen molar-refractivity contribution in [3.8, 4) is 5.75 Å². The number of phenols is 1. The summed E-state index contributed by atoms with van der Waals surface area (Å²) in [6.07, 6.45) is 2.50. The number of hydrogen-bond donors (Lipinski definition) is 4. The number of nitrogens with one attached hydrogen (secondary N) is 3. The van der Waals surface area contributed by atoms with Gasteiger partial charge in [0.1, 0.15) is 11.8 Å². The Balaban J connectivity index is 0.768. The first-order valence-electron chi connectivity index (χ1n) is 20.3. The molecule has 4 aromatic carbocycles. The summed E-state index contributed by atoms with van der Waals surface area (Å²) in [4.78, 5) is 58.0. The number of phenolic OH excluding ortho intramolecular Hbond substituents is 1. The maximum Gasteiger partial charge on any atom is 0.317 e. The van der Waals surface area contributed by atoms with Gasteiger partial charge in [0.25, 0.3) is 5.91 Å². The second-order valence-electron chi connectivity index (χ2n) is 15.6. The number of carbonyl (C=O) groups excluding carboxylic acids is 4. The summed E-state index contributed by atoms with van der Waals surface area (Å²) in [6.45, 7) is 7.70. The van der Waals surface area contributed by atoms with Crippen LogP contribution >= 0.6 is 0 Å². The molecule has 3 fully saturated rings. The van der Waals surface area contributed by atoms with Crippen molar-refractivity contribution in [2.45, 2.75) is 43.6 Å². The molecule has 57 heavy (non-hydrogen) atoms. The summed E-state index contributed by atoms with van der Waals surface area (Å²) < 4.78 is 0. The molecule has 1 aliphatic carbocycles. The molecule has 0 bridgehead atoms. The molecule has 0 saturated carbocycles. The number of piperazine rings is 2. The monoisotopic (exact) mass is 769 g/mol. The molecule has 8 rings (SSSR count). The van der Waals surface area contributed by atoms with E-state index in [9.17, 15) is 24.3 Å². The van der Waals surface area contributed by atoms with Crippen molar-refractivity contribution in [2.75, 3.05) is 75.2 Å². The van der Waals surface area contributed by atoms with Gasteiger partial charge in [0.15, 0.2) is 0 Å². The van der Waals surface area contributed by atoms with Gasteiger partial charge < -0.3 is 30.4 Å². The number of aryl methyl sites for hydroxylation is 1. The van der Waals surface area contributed by atoms with E-state index in [1.54, 1.807) is 12.1 Å². The summed E-state index contributed by atoms with van der Waals surface area (Å²) in [5, 5.41) is 18.3. The van der Waals surface area contributed by atoms with Crippen LogP contribution in [0.1, 0.15) is 63.7 Å². The molecule has 12 heteroatoms. The molecule has 3 atom stereocenters. The molecule has 3 aliphatic heterocycles. The number of nitrogens with zero attached hydrogens (tertiary/aromatic N) is 4. The highest BCUT2D eigenvalue weighted by Gasteiger charge is 2.33. The van der Waals surface area contributed by atoms with Crippen LogP contribution in [0.3, 0.4) is 0 Å². The predicted molar refractivity (Wildman–Crippen MR) is 220 cm³/mol. The quantitative estimate of drug-likeness (QED) is 0.184. The third-order valence-electron chi connectivity index (χ3n) is 12.1. The minimum atomic E-state index is -0.715. The lowest BCUT2D eigenvalue weighted by molar-refractivity contribution is -0.134. The zero-order valence-corrected chi connectivity index (χ0v) is 32.2. The number of hydrogen-bond acceptors (Lipinski definition) is 8. The van der Waals surface area contributed by atoms with E-state index >= 15 is 0 Å². The summed E-state index contributed by atoms with van der Waals surface area (Å²) in [6, 6.07) is 32.3. The molecule has 12 nitrogen and oxygen atoms in total. The highest BCUT2D eigenvalue weighted by molar-refractivity contribution is 6.03. The summed E-state index contributed by atoms with van der Waals surface area (Å²) >= 11 is 0. The normalized spacial score (nSPS) is 21.4. The lowest BCUT2D eigenvalue weighted by Gasteiger charge is -2.37. The molecule has 3 saturated heterocycles. The van der Waals surface area contributed by atoms with Crippen molar-refractivity contribution in [2.24, 2.45) is 0 Å². The Morgan fingerprint density at radius 2 is 1.39 bits per heavy atom. The number of urea groups is 1. The Hall–Kier alpha value is -5.88. The van der Waals surface area contributed by atoms with Gasteiger partial charge in [-0.1, -0.05) is 48.5 Å². The van der Waals surface area contributed by atoms with E-state index in [-0.39, 0.29) is 30.2 Å². The third kappa shape index (κ3) is 8.76. The van der Waals surface area contributed by atoms with Gasteiger partial charge >= 0.3 is 6.03 Å². The molecule has 0 aromatic heterocycles. The number of aromatic hydroxyl groups is 1. The summed E-state index contributed by atoms with van der Waals surface area (Å²) in [5.41, 5.74) is 7.86. The van der Waals surface area contributed by atoms with E-state index in [1.807, 2.05) is 29.2 Å².